The Hall–Kier alpha value is -1.26. The number of ether oxygens (including phenoxy) is 1. The summed E-state index contributed by atoms with van der Waals surface area (Å²) in [7, 11) is 0. The van der Waals surface area contributed by atoms with Crippen molar-refractivity contribution in [3.8, 4) is 5.75 Å². The fourth-order valence-corrected chi connectivity index (χ4v) is 2.21. The molecular weight excluding hydrogens is 284 g/mol. The summed E-state index contributed by atoms with van der Waals surface area (Å²) >= 11 is 0. The van der Waals surface area contributed by atoms with Gasteiger partial charge in [-0.1, -0.05) is 39.2 Å². The zero-order valence-corrected chi connectivity index (χ0v) is 12.7. The van der Waals surface area contributed by atoms with Crippen LogP contribution in [0.5, 0.6) is 5.75 Å². The molecule has 1 rings (SSSR count). The van der Waals surface area contributed by atoms with E-state index in [0.29, 0.717) is 12.3 Å². The molecule has 1 nitrogen and oxygen atoms in total. The molecule has 5 heteroatoms. The van der Waals surface area contributed by atoms with Crippen LogP contribution in [0.25, 0.3) is 0 Å². The molecule has 0 amide bonds. The summed E-state index contributed by atoms with van der Waals surface area (Å²) in [6.45, 7) is 5.41. The van der Waals surface area contributed by atoms with Gasteiger partial charge < -0.3 is 4.74 Å². The van der Waals surface area contributed by atoms with E-state index in [9.17, 15) is 17.6 Å². The van der Waals surface area contributed by atoms with Crippen molar-refractivity contribution in [3.05, 3.63) is 29.3 Å². The van der Waals surface area contributed by atoms with E-state index in [4.69, 9.17) is 0 Å². The van der Waals surface area contributed by atoms with Gasteiger partial charge in [0.25, 0.3) is 0 Å². The van der Waals surface area contributed by atoms with Gasteiger partial charge in [-0.25, -0.2) is 4.39 Å². The molecule has 1 aromatic carbocycles. The van der Waals surface area contributed by atoms with Gasteiger partial charge in [0.1, 0.15) is 0 Å². The number of rotatable bonds is 8. The van der Waals surface area contributed by atoms with Gasteiger partial charge in [0.05, 0.1) is 6.42 Å². The molecule has 1 atom stereocenters. The van der Waals surface area contributed by atoms with Crippen molar-refractivity contribution in [2.75, 3.05) is 0 Å². The lowest BCUT2D eigenvalue weighted by Crippen LogP contribution is -2.25. The minimum absolute atomic E-state index is 0.0524. The Morgan fingerprint density at radius 3 is 2.43 bits per heavy atom. The normalized spacial score (nSPS) is 13.3. The highest BCUT2D eigenvalue weighted by Crippen LogP contribution is 2.31. The predicted molar refractivity (Wildman–Crippen MR) is 74.6 cm³/mol. The minimum Gasteiger partial charge on any atom is -0.429 e. The Bertz CT molecular complexity index is 460. The number of benzene rings is 1. The zero-order chi connectivity index (χ0) is 16.0. The van der Waals surface area contributed by atoms with E-state index in [0.717, 1.165) is 18.9 Å². The van der Waals surface area contributed by atoms with Crippen LogP contribution in [0.1, 0.15) is 51.5 Å². The van der Waals surface area contributed by atoms with Gasteiger partial charge in [-0.3, -0.25) is 0 Å². The molecule has 0 saturated carbocycles. The van der Waals surface area contributed by atoms with Gasteiger partial charge in [-0.2, -0.15) is 13.2 Å². The third kappa shape index (κ3) is 5.56. The molecule has 0 radical (unpaired) electrons. The second kappa shape index (κ2) is 7.66. The highest BCUT2D eigenvalue weighted by atomic mass is 19.3. The topological polar surface area (TPSA) is 9.23 Å². The maximum atomic E-state index is 13.6. The molecule has 0 aliphatic rings. The van der Waals surface area contributed by atoms with E-state index in [2.05, 4.69) is 4.74 Å². The molecule has 0 spiro atoms. The summed E-state index contributed by atoms with van der Waals surface area (Å²) < 4.78 is 58.5. The highest BCUT2D eigenvalue weighted by molar-refractivity contribution is 5.30. The van der Waals surface area contributed by atoms with Crippen LogP contribution < -0.4 is 4.74 Å². The van der Waals surface area contributed by atoms with Crippen molar-refractivity contribution >= 4 is 0 Å². The van der Waals surface area contributed by atoms with E-state index in [1.807, 2.05) is 13.8 Å². The van der Waals surface area contributed by atoms with Crippen molar-refractivity contribution in [2.24, 2.45) is 5.92 Å². The summed E-state index contributed by atoms with van der Waals surface area (Å²) in [4.78, 5) is 0. The van der Waals surface area contributed by atoms with Crippen molar-refractivity contribution in [3.63, 3.8) is 0 Å². The molecule has 0 bridgehead atoms. The lowest BCUT2D eigenvalue weighted by atomic mass is 9.99. The van der Waals surface area contributed by atoms with E-state index < -0.39 is 29.9 Å². The molecule has 21 heavy (non-hydrogen) atoms. The van der Waals surface area contributed by atoms with Gasteiger partial charge in [0, 0.05) is 0 Å². The molecule has 0 N–H and O–H groups in total. The van der Waals surface area contributed by atoms with Crippen molar-refractivity contribution in [2.45, 2.75) is 59.0 Å². The van der Waals surface area contributed by atoms with Crippen molar-refractivity contribution in [1.29, 1.82) is 0 Å². The molecule has 0 heterocycles. The van der Waals surface area contributed by atoms with E-state index in [-0.39, 0.29) is 12.0 Å². The molecular formula is C16H22F4O. The van der Waals surface area contributed by atoms with Gasteiger partial charge in [-0.15, -0.1) is 0 Å². The van der Waals surface area contributed by atoms with E-state index in [1.54, 1.807) is 0 Å². The number of aryl methyl sites for hydroxylation is 1. The molecule has 120 valence electrons. The number of hydrogen-bond donors (Lipinski definition) is 0. The summed E-state index contributed by atoms with van der Waals surface area (Å²) in [6.07, 6.45) is -1.04. The van der Waals surface area contributed by atoms with Gasteiger partial charge >= 0.3 is 6.11 Å². The Balaban J connectivity index is 2.58. The van der Waals surface area contributed by atoms with Crippen LogP contribution in [-0.4, -0.2) is 6.11 Å². The van der Waals surface area contributed by atoms with Crippen LogP contribution in [-0.2, 0) is 0 Å². The molecule has 0 aromatic heterocycles. The smallest absolute Gasteiger partial charge is 0.397 e. The Morgan fingerprint density at radius 1 is 1.14 bits per heavy atom. The monoisotopic (exact) mass is 306 g/mol. The van der Waals surface area contributed by atoms with E-state index >= 15 is 0 Å². The van der Waals surface area contributed by atoms with Crippen LogP contribution in [0.15, 0.2) is 12.1 Å². The van der Waals surface area contributed by atoms with Crippen molar-refractivity contribution in [1.82, 2.24) is 0 Å². The number of alkyl halides is 2. The summed E-state index contributed by atoms with van der Waals surface area (Å²) in [5.74, 6) is -2.89. The fraction of sp³-hybridized carbons (Fsp3) is 0.625. The average molecular weight is 306 g/mol. The van der Waals surface area contributed by atoms with Crippen LogP contribution in [0.3, 0.4) is 0 Å². The van der Waals surface area contributed by atoms with Crippen LogP contribution in [0.2, 0.25) is 0 Å². The maximum absolute atomic E-state index is 13.6. The molecule has 0 saturated heterocycles. The summed E-state index contributed by atoms with van der Waals surface area (Å²) in [5, 5.41) is 0. The van der Waals surface area contributed by atoms with Gasteiger partial charge in [0.15, 0.2) is 11.6 Å². The van der Waals surface area contributed by atoms with E-state index in [1.165, 1.54) is 13.0 Å². The largest absolute Gasteiger partial charge is 0.429 e. The van der Waals surface area contributed by atoms with Crippen LogP contribution in [0.4, 0.5) is 17.6 Å². The first-order valence-electron chi connectivity index (χ1n) is 7.28. The predicted octanol–water partition coefficient (Wildman–Crippen LogP) is 5.85. The Morgan fingerprint density at radius 2 is 1.81 bits per heavy atom. The molecule has 1 aromatic rings. The minimum atomic E-state index is -3.49. The van der Waals surface area contributed by atoms with Crippen LogP contribution >= 0.6 is 0 Å². The second-order valence-electron chi connectivity index (χ2n) is 5.53. The zero-order valence-electron chi connectivity index (χ0n) is 12.7. The van der Waals surface area contributed by atoms with Crippen molar-refractivity contribution < 1.29 is 22.3 Å². The SMILES string of the molecule is CCCC(C)CCCC(F)(F)Oc1ccc(C)c(F)c1F. The Labute approximate surface area is 123 Å². The number of hydrogen-bond acceptors (Lipinski definition) is 1. The first kappa shape index (κ1) is 17.8. The second-order valence-corrected chi connectivity index (χ2v) is 5.53. The lowest BCUT2D eigenvalue weighted by molar-refractivity contribution is -0.183. The standard InChI is InChI=1S/C16H22F4O/c1-4-6-11(2)7-5-10-16(19,20)21-13-9-8-12(3)14(17)15(13)18/h8-9,11H,4-7,10H2,1-3H3. The molecule has 1 unspecified atom stereocenters. The van der Waals surface area contributed by atoms with Gasteiger partial charge in [0.2, 0.25) is 5.82 Å². The van der Waals surface area contributed by atoms with Crippen LogP contribution in [0, 0.1) is 24.5 Å². The molecule has 0 aliphatic heterocycles. The molecule has 0 aliphatic carbocycles. The first-order valence-corrected chi connectivity index (χ1v) is 7.28. The summed E-state index contributed by atoms with van der Waals surface area (Å²) in [6, 6.07) is 2.24. The Kier molecular flexibility index (Phi) is 6.49. The first-order chi connectivity index (χ1) is 9.76. The van der Waals surface area contributed by atoms with Gasteiger partial charge in [-0.05, 0) is 30.9 Å². The summed E-state index contributed by atoms with van der Waals surface area (Å²) in [5.41, 5.74) is 0.0524. The third-order valence-electron chi connectivity index (χ3n) is 3.45. The average Bonchev–Trinajstić information content (AvgIpc) is 2.39. The molecule has 0 fully saturated rings. The quantitative estimate of drug-likeness (QED) is 0.547. The number of halogens is 4. The third-order valence-corrected chi connectivity index (χ3v) is 3.45. The lowest BCUT2D eigenvalue weighted by Gasteiger charge is -2.19. The highest BCUT2D eigenvalue weighted by Gasteiger charge is 2.32. The maximum Gasteiger partial charge on any atom is 0.397 e. The fourth-order valence-electron chi connectivity index (χ4n) is 2.21.